The van der Waals surface area contributed by atoms with Crippen molar-refractivity contribution in [2.45, 2.75) is 26.7 Å². The van der Waals surface area contributed by atoms with Gasteiger partial charge in [0.1, 0.15) is 0 Å². The Morgan fingerprint density at radius 3 is 2.63 bits per heavy atom. The molecule has 0 aliphatic heterocycles. The fraction of sp³-hybridized carbons (Fsp3) is 0.400. The Hall–Kier alpha value is -1.97. The number of methoxy groups -OCH3 is 1. The number of pyridine rings is 1. The highest BCUT2D eigenvalue weighted by atomic mass is 16.5. The van der Waals surface area contributed by atoms with E-state index < -0.39 is 0 Å². The maximum absolute atomic E-state index is 5.20. The molecule has 0 spiro atoms. The maximum atomic E-state index is 5.20. The minimum atomic E-state index is 0.382. The second-order valence-corrected chi connectivity index (χ2v) is 5.13. The largest absolute Gasteiger partial charge is 0.463 e. The van der Waals surface area contributed by atoms with Crippen molar-refractivity contribution in [2.24, 2.45) is 7.05 Å². The molecule has 19 heavy (non-hydrogen) atoms. The van der Waals surface area contributed by atoms with E-state index >= 15 is 0 Å². The summed E-state index contributed by atoms with van der Waals surface area (Å²) in [5.74, 6) is 1.00. The number of aromatic nitrogens is 3. The molecule has 0 saturated carbocycles. The molecule has 1 unspecified atom stereocenters. The number of nitrogens with zero attached hydrogens (tertiary/aromatic N) is 3. The van der Waals surface area contributed by atoms with Crippen molar-refractivity contribution in [3.63, 3.8) is 0 Å². The minimum Gasteiger partial charge on any atom is -0.463 e. The highest BCUT2D eigenvalue weighted by Gasteiger charge is 2.31. The van der Waals surface area contributed by atoms with Gasteiger partial charge in [0.2, 0.25) is 0 Å². The molecule has 98 valence electrons. The average molecular weight is 256 g/mol. The Morgan fingerprint density at radius 2 is 1.95 bits per heavy atom. The molecule has 1 atom stereocenters. The molecule has 1 aliphatic carbocycles. The zero-order chi connectivity index (χ0) is 13.7. The van der Waals surface area contributed by atoms with Gasteiger partial charge < -0.3 is 4.74 Å². The van der Waals surface area contributed by atoms with E-state index in [1.807, 2.05) is 19.2 Å². The second kappa shape index (κ2) is 4.02. The molecular formula is C15H18N3O+. The fourth-order valence-corrected chi connectivity index (χ4v) is 2.79. The standard InChI is InChI=1S/C15H18N3O/c1-8-9(2)13-14(10(8)3)18(4)15-11(16-13)6-7-12(17-15)19-5/h6-7,9H,1-5H3/q+1. The molecule has 0 fully saturated rings. The molecule has 0 radical (unpaired) electrons. The van der Waals surface area contributed by atoms with E-state index in [-0.39, 0.29) is 0 Å². The normalized spacial score (nSPS) is 18.1. The number of hydrogen-bond donors (Lipinski definition) is 0. The Morgan fingerprint density at radius 1 is 1.21 bits per heavy atom. The molecule has 4 heteroatoms. The average Bonchev–Trinajstić information content (AvgIpc) is 2.64. The number of fused-ring (bicyclic) bond motifs is 2. The summed E-state index contributed by atoms with van der Waals surface area (Å²) >= 11 is 0. The van der Waals surface area contributed by atoms with Crippen LogP contribution in [0.15, 0.2) is 17.7 Å². The summed E-state index contributed by atoms with van der Waals surface area (Å²) in [6.45, 7) is 6.55. The molecule has 4 nitrogen and oxygen atoms in total. The van der Waals surface area contributed by atoms with Gasteiger partial charge in [0.25, 0.3) is 0 Å². The SMILES string of the molecule is COc1ccc2nc3c([n+](C)c2n1)C(C)=C(C)C3C. The van der Waals surface area contributed by atoms with Crippen molar-refractivity contribution < 1.29 is 9.30 Å². The van der Waals surface area contributed by atoms with Crippen LogP contribution in [-0.2, 0) is 7.05 Å². The van der Waals surface area contributed by atoms with Crippen molar-refractivity contribution in [1.29, 1.82) is 0 Å². The van der Waals surface area contributed by atoms with Crippen LogP contribution < -0.4 is 9.30 Å². The zero-order valence-electron chi connectivity index (χ0n) is 12.0. The lowest BCUT2D eigenvalue weighted by Crippen LogP contribution is -2.36. The molecule has 0 amide bonds. The summed E-state index contributed by atoms with van der Waals surface area (Å²) in [6.07, 6.45) is 0. The van der Waals surface area contributed by atoms with Gasteiger partial charge in [-0.15, -0.1) is 0 Å². The number of ether oxygens (including phenoxy) is 1. The third-order valence-electron chi connectivity index (χ3n) is 4.18. The lowest BCUT2D eigenvalue weighted by Gasteiger charge is -2.07. The third kappa shape index (κ3) is 1.56. The zero-order valence-corrected chi connectivity index (χ0v) is 12.0. The first-order valence-electron chi connectivity index (χ1n) is 6.47. The maximum Gasteiger partial charge on any atom is 0.353 e. The van der Waals surface area contributed by atoms with Crippen LogP contribution in [0.1, 0.15) is 38.1 Å². The number of hydrogen-bond acceptors (Lipinski definition) is 3. The Kier molecular flexibility index (Phi) is 2.55. The van der Waals surface area contributed by atoms with E-state index in [1.54, 1.807) is 7.11 Å². The van der Waals surface area contributed by atoms with E-state index in [4.69, 9.17) is 9.72 Å². The van der Waals surface area contributed by atoms with Gasteiger partial charge in [-0.1, -0.05) is 12.5 Å². The predicted molar refractivity (Wildman–Crippen MR) is 73.9 cm³/mol. The summed E-state index contributed by atoms with van der Waals surface area (Å²) in [6, 6.07) is 3.83. The molecule has 0 aromatic carbocycles. The number of aryl methyl sites for hydroxylation is 1. The van der Waals surface area contributed by atoms with Crippen LogP contribution in [0.25, 0.3) is 16.7 Å². The molecular weight excluding hydrogens is 238 g/mol. The quantitative estimate of drug-likeness (QED) is 0.735. The van der Waals surface area contributed by atoms with Gasteiger partial charge in [0, 0.05) is 12.0 Å². The first-order valence-corrected chi connectivity index (χ1v) is 6.47. The van der Waals surface area contributed by atoms with Gasteiger partial charge in [0.05, 0.1) is 19.9 Å². The van der Waals surface area contributed by atoms with Gasteiger partial charge >= 0.3 is 11.5 Å². The molecule has 0 N–H and O–H groups in total. The molecule has 2 heterocycles. The minimum absolute atomic E-state index is 0.382. The molecule has 2 aromatic heterocycles. The van der Waals surface area contributed by atoms with Crippen LogP contribution in [0.2, 0.25) is 0 Å². The Labute approximate surface area is 112 Å². The lowest BCUT2D eigenvalue weighted by atomic mass is 10.0. The molecule has 2 aromatic rings. The smallest absolute Gasteiger partial charge is 0.353 e. The van der Waals surface area contributed by atoms with Crippen molar-refractivity contribution in [1.82, 2.24) is 9.97 Å². The van der Waals surface area contributed by atoms with Gasteiger partial charge in [-0.2, -0.15) is 0 Å². The lowest BCUT2D eigenvalue weighted by molar-refractivity contribution is -0.649. The number of rotatable bonds is 1. The topological polar surface area (TPSA) is 38.9 Å². The van der Waals surface area contributed by atoms with Crippen LogP contribution in [-0.4, -0.2) is 17.1 Å². The monoisotopic (exact) mass is 256 g/mol. The second-order valence-electron chi connectivity index (χ2n) is 5.13. The Balaban J connectivity index is 2.37. The van der Waals surface area contributed by atoms with Gasteiger partial charge in [-0.3, -0.25) is 0 Å². The van der Waals surface area contributed by atoms with Gasteiger partial charge in [-0.05, 0) is 30.5 Å². The molecule has 1 aliphatic rings. The van der Waals surface area contributed by atoms with Crippen LogP contribution >= 0.6 is 0 Å². The predicted octanol–water partition coefficient (Wildman–Crippen LogP) is 2.37. The summed E-state index contributed by atoms with van der Waals surface area (Å²) < 4.78 is 7.33. The third-order valence-corrected chi connectivity index (χ3v) is 4.18. The first kappa shape index (κ1) is 12.1. The van der Waals surface area contributed by atoms with Gasteiger partial charge in [0.15, 0.2) is 11.2 Å². The van der Waals surface area contributed by atoms with Gasteiger partial charge in [-0.25, -0.2) is 9.55 Å². The van der Waals surface area contributed by atoms with Crippen LogP contribution in [0, 0.1) is 0 Å². The van der Waals surface area contributed by atoms with E-state index in [0.717, 1.165) is 16.9 Å². The van der Waals surface area contributed by atoms with E-state index in [1.165, 1.54) is 16.8 Å². The summed E-state index contributed by atoms with van der Waals surface area (Å²) in [5.41, 5.74) is 6.82. The molecule has 0 bridgehead atoms. The van der Waals surface area contributed by atoms with E-state index in [0.29, 0.717) is 11.8 Å². The summed E-state index contributed by atoms with van der Waals surface area (Å²) in [7, 11) is 3.68. The summed E-state index contributed by atoms with van der Waals surface area (Å²) in [4.78, 5) is 9.30. The van der Waals surface area contributed by atoms with Crippen LogP contribution in [0.5, 0.6) is 5.88 Å². The van der Waals surface area contributed by atoms with Crippen molar-refractivity contribution >= 4 is 16.7 Å². The number of allylic oxidation sites excluding steroid dienone is 2. The van der Waals surface area contributed by atoms with Crippen molar-refractivity contribution in [3.8, 4) is 5.88 Å². The highest BCUT2D eigenvalue weighted by molar-refractivity contribution is 5.75. The Bertz CT molecular complexity index is 719. The molecule has 3 rings (SSSR count). The van der Waals surface area contributed by atoms with Crippen LogP contribution in [0.3, 0.4) is 0 Å². The van der Waals surface area contributed by atoms with Crippen molar-refractivity contribution in [2.75, 3.05) is 7.11 Å². The highest BCUT2D eigenvalue weighted by Crippen LogP contribution is 2.38. The summed E-state index contributed by atoms with van der Waals surface area (Å²) in [5, 5.41) is 0. The van der Waals surface area contributed by atoms with Crippen molar-refractivity contribution in [3.05, 3.63) is 29.1 Å². The van der Waals surface area contributed by atoms with Crippen LogP contribution in [0.4, 0.5) is 0 Å². The van der Waals surface area contributed by atoms with E-state index in [9.17, 15) is 0 Å². The first-order chi connectivity index (χ1) is 9.04. The fourth-order valence-electron chi connectivity index (χ4n) is 2.79. The van der Waals surface area contributed by atoms with E-state index in [2.05, 4.69) is 30.3 Å². The molecule has 0 saturated heterocycles.